The van der Waals surface area contributed by atoms with Gasteiger partial charge in [0.25, 0.3) is 0 Å². The van der Waals surface area contributed by atoms with Crippen molar-refractivity contribution in [1.29, 1.82) is 0 Å². The normalized spacial score (nSPS) is 10.5. The van der Waals surface area contributed by atoms with E-state index in [1.165, 1.54) is 4.68 Å². The second kappa shape index (κ2) is 7.61. The summed E-state index contributed by atoms with van der Waals surface area (Å²) in [4.78, 5) is 24.4. The molecule has 1 N–H and O–H groups in total. The maximum Gasteiger partial charge on any atom is 0.334 e. The van der Waals surface area contributed by atoms with Gasteiger partial charge in [-0.15, -0.1) is 0 Å². The second-order valence-corrected chi connectivity index (χ2v) is 4.69. The van der Waals surface area contributed by atoms with E-state index in [0.29, 0.717) is 25.2 Å². The Morgan fingerprint density at radius 1 is 1.38 bits per heavy atom. The molecule has 0 fully saturated rings. The Balaban J connectivity index is 2.92. The van der Waals surface area contributed by atoms with Crippen molar-refractivity contribution < 1.29 is 9.72 Å². The first-order valence-corrected chi connectivity index (χ1v) is 7.18. The van der Waals surface area contributed by atoms with E-state index in [1.807, 2.05) is 20.8 Å². The summed E-state index contributed by atoms with van der Waals surface area (Å²) in [6.07, 6.45) is 1.31. The highest BCUT2D eigenvalue weighted by molar-refractivity contribution is 5.81. The largest absolute Gasteiger partial charge is 0.355 e. The lowest BCUT2D eigenvalue weighted by Gasteiger charge is -2.18. The molecule has 1 aromatic heterocycles. The molecule has 0 aliphatic heterocycles. The van der Waals surface area contributed by atoms with Crippen molar-refractivity contribution in [2.75, 3.05) is 25.0 Å². The number of aromatic nitrogens is 2. The van der Waals surface area contributed by atoms with Crippen LogP contribution in [-0.4, -0.2) is 45.1 Å². The van der Waals surface area contributed by atoms with Crippen LogP contribution in [0.3, 0.4) is 0 Å². The predicted molar refractivity (Wildman–Crippen MR) is 80.3 cm³/mol. The van der Waals surface area contributed by atoms with Crippen LogP contribution in [0, 0.1) is 10.1 Å². The molecule has 0 saturated heterocycles. The number of likely N-dealkylation sites (N-methyl/N-ethyl adjacent to an activating group) is 1. The molecule has 1 rings (SSSR count). The Hall–Kier alpha value is -2.12. The van der Waals surface area contributed by atoms with Crippen molar-refractivity contribution in [2.45, 2.75) is 33.6 Å². The molecule has 0 aromatic carbocycles. The molecule has 1 amide bonds. The summed E-state index contributed by atoms with van der Waals surface area (Å²) < 4.78 is 1.43. The topological polar surface area (TPSA) is 93.3 Å². The van der Waals surface area contributed by atoms with E-state index in [2.05, 4.69) is 10.4 Å². The van der Waals surface area contributed by atoms with E-state index in [0.717, 1.165) is 6.42 Å². The summed E-state index contributed by atoms with van der Waals surface area (Å²) >= 11 is 0. The van der Waals surface area contributed by atoms with E-state index < -0.39 is 4.92 Å². The molecule has 21 heavy (non-hydrogen) atoms. The molecule has 1 heterocycles. The maximum atomic E-state index is 12.0. The van der Waals surface area contributed by atoms with Gasteiger partial charge < -0.3 is 10.2 Å². The van der Waals surface area contributed by atoms with Crippen LogP contribution in [0.2, 0.25) is 0 Å². The zero-order chi connectivity index (χ0) is 16.0. The average molecular weight is 297 g/mol. The van der Waals surface area contributed by atoms with Gasteiger partial charge in [0.05, 0.1) is 11.5 Å². The standard InChI is InChI=1S/C13H23N5O3/c1-5-8-10-12(18(20)21)13(16(4)15-10)14-9-11(19)17(6-2)7-3/h14H,5-9H2,1-4H3. The predicted octanol–water partition coefficient (Wildman–Crippen LogP) is 1.56. The van der Waals surface area contributed by atoms with E-state index in [1.54, 1.807) is 11.9 Å². The number of aryl methyl sites for hydroxylation is 2. The molecule has 0 atom stereocenters. The molecule has 0 unspecified atom stereocenters. The smallest absolute Gasteiger partial charge is 0.334 e. The second-order valence-electron chi connectivity index (χ2n) is 4.69. The third-order valence-electron chi connectivity index (χ3n) is 3.28. The Labute approximate surface area is 124 Å². The number of hydrogen-bond acceptors (Lipinski definition) is 5. The van der Waals surface area contributed by atoms with Crippen molar-refractivity contribution in [2.24, 2.45) is 7.05 Å². The van der Waals surface area contributed by atoms with Crippen molar-refractivity contribution >= 4 is 17.4 Å². The van der Waals surface area contributed by atoms with E-state index in [4.69, 9.17) is 0 Å². The van der Waals surface area contributed by atoms with Gasteiger partial charge in [-0.25, -0.2) is 4.68 Å². The number of nitrogens with zero attached hydrogens (tertiary/aromatic N) is 4. The SMILES string of the molecule is CCCc1nn(C)c(NCC(=O)N(CC)CC)c1[N+](=O)[O-]. The molecular formula is C13H23N5O3. The van der Waals surface area contributed by atoms with Crippen LogP contribution in [0.1, 0.15) is 32.9 Å². The van der Waals surface area contributed by atoms with E-state index >= 15 is 0 Å². The molecule has 8 heteroatoms. The minimum absolute atomic E-state index is 0.0214. The number of carbonyl (C=O) groups is 1. The summed E-state index contributed by atoms with van der Waals surface area (Å²) in [5, 5.41) is 18.3. The zero-order valence-corrected chi connectivity index (χ0v) is 13.0. The highest BCUT2D eigenvalue weighted by atomic mass is 16.6. The number of nitrogens with one attached hydrogen (secondary N) is 1. The van der Waals surface area contributed by atoms with Crippen molar-refractivity contribution in [3.63, 3.8) is 0 Å². The molecule has 0 aliphatic rings. The Morgan fingerprint density at radius 3 is 2.48 bits per heavy atom. The molecule has 0 radical (unpaired) electrons. The number of nitro groups is 1. The van der Waals surface area contributed by atoms with E-state index in [9.17, 15) is 14.9 Å². The third-order valence-corrected chi connectivity index (χ3v) is 3.28. The molecule has 1 aromatic rings. The number of hydrogen-bond donors (Lipinski definition) is 1. The van der Waals surface area contributed by atoms with Crippen molar-refractivity contribution in [1.82, 2.24) is 14.7 Å². The molecule has 118 valence electrons. The Bertz CT molecular complexity index is 508. The summed E-state index contributed by atoms with van der Waals surface area (Å²) in [5.74, 6) is 0.191. The van der Waals surface area contributed by atoms with Crippen LogP contribution >= 0.6 is 0 Å². The van der Waals surface area contributed by atoms with Crippen LogP contribution in [0.15, 0.2) is 0 Å². The quantitative estimate of drug-likeness (QED) is 0.580. The lowest BCUT2D eigenvalue weighted by atomic mass is 10.2. The van der Waals surface area contributed by atoms with Crippen LogP contribution in [0.5, 0.6) is 0 Å². The summed E-state index contributed by atoms with van der Waals surface area (Å²) in [6.45, 7) is 6.99. The summed E-state index contributed by atoms with van der Waals surface area (Å²) in [5.41, 5.74) is 0.412. The molecule has 0 spiro atoms. The number of rotatable bonds is 8. The fourth-order valence-corrected chi connectivity index (χ4v) is 2.21. The van der Waals surface area contributed by atoms with Crippen LogP contribution in [0.25, 0.3) is 0 Å². The van der Waals surface area contributed by atoms with Crippen molar-refractivity contribution in [3.8, 4) is 0 Å². The van der Waals surface area contributed by atoms with Gasteiger partial charge in [0.2, 0.25) is 11.7 Å². The maximum absolute atomic E-state index is 12.0. The summed E-state index contributed by atoms with van der Waals surface area (Å²) in [7, 11) is 1.64. The number of amides is 1. The fourth-order valence-electron chi connectivity index (χ4n) is 2.21. The van der Waals surface area contributed by atoms with Gasteiger partial charge in [-0.2, -0.15) is 5.10 Å². The highest BCUT2D eigenvalue weighted by Crippen LogP contribution is 2.28. The van der Waals surface area contributed by atoms with Gasteiger partial charge in [0.15, 0.2) is 0 Å². The fraction of sp³-hybridized carbons (Fsp3) is 0.692. The lowest BCUT2D eigenvalue weighted by Crippen LogP contribution is -2.35. The molecular weight excluding hydrogens is 274 g/mol. The molecule has 0 bridgehead atoms. The third kappa shape index (κ3) is 3.93. The first kappa shape index (κ1) is 16.9. The zero-order valence-electron chi connectivity index (χ0n) is 13.0. The Kier molecular flexibility index (Phi) is 6.13. The average Bonchev–Trinajstić information content (AvgIpc) is 2.74. The summed E-state index contributed by atoms with van der Waals surface area (Å²) in [6, 6.07) is 0. The molecule has 0 aliphatic carbocycles. The first-order valence-electron chi connectivity index (χ1n) is 7.18. The van der Waals surface area contributed by atoms with Gasteiger partial charge in [0, 0.05) is 20.1 Å². The van der Waals surface area contributed by atoms with Gasteiger partial charge >= 0.3 is 5.69 Å². The number of carbonyl (C=O) groups excluding carboxylic acids is 1. The van der Waals surface area contributed by atoms with Gasteiger partial charge in [0.1, 0.15) is 5.69 Å². The van der Waals surface area contributed by atoms with E-state index in [-0.39, 0.29) is 24.0 Å². The van der Waals surface area contributed by atoms with Gasteiger partial charge in [-0.3, -0.25) is 14.9 Å². The monoisotopic (exact) mass is 297 g/mol. The molecule has 8 nitrogen and oxygen atoms in total. The van der Waals surface area contributed by atoms with Crippen LogP contribution < -0.4 is 5.32 Å². The van der Waals surface area contributed by atoms with Gasteiger partial charge in [-0.05, 0) is 20.3 Å². The lowest BCUT2D eigenvalue weighted by molar-refractivity contribution is -0.384. The van der Waals surface area contributed by atoms with Crippen LogP contribution in [-0.2, 0) is 18.3 Å². The van der Waals surface area contributed by atoms with Crippen molar-refractivity contribution in [3.05, 3.63) is 15.8 Å². The number of anilines is 1. The van der Waals surface area contributed by atoms with Gasteiger partial charge in [-0.1, -0.05) is 13.3 Å². The first-order chi connectivity index (χ1) is 9.96. The highest BCUT2D eigenvalue weighted by Gasteiger charge is 2.26. The minimum Gasteiger partial charge on any atom is -0.355 e. The Morgan fingerprint density at radius 2 is 2.00 bits per heavy atom. The van der Waals surface area contributed by atoms with Crippen LogP contribution in [0.4, 0.5) is 11.5 Å². The minimum atomic E-state index is -0.442. The molecule has 0 saturated carbocycles.